The predicted molar refractivity (Wildman–Crippen MR) is 81.5 cm³/mol. The first kappa shape index (κ1) is 15.8. The van der Waals surface area contributed by atoms with E-state index in [4.69, 9.17) is 9.47 Å². The third-order valence-corrected chi connectivity index (χ3v) is 3.22. The van der Waals surface area contributed by atoms with Crippen LogP contribution >= 0.6 is 0 Å². The van der Waals surface area contributed by atoms with Gasteiger partial charge in [0.15, 0.2) is 0 Å². The minimum Gasteiger partial charge on any atom is -0.497 e. The molecule has 1 amide bonds. The first-order chi connectivity index (χ1) is 10.6. The molecule has 0 atom stereocenters. The largest absolute Gasteiger partial charge is 0.497 e. The van der Waals surface area contributed by atoms with E-state index in [2.05, 4.69) is 5.32 Å². The Bertz CT molecular complexity index is 658. The highest BCUT2D eigenvalue weighted by atomic mass is 19.1. The summed E-state index contributed by atoms with van der Waals surface area (Å²) in [4.78, 5) is 12.0. The molecule has 0 spiro atoms. The molecular weight excluding hydrogens is 285 g/mol. The highest BCUT2D eigenvalue weighted by molar-refractivity contribution is 5.78. The van der Waals surface area contributed by atoms with Gasteiger partial charge in [-0.25, -0.2) is 4.39 Å². The van der Waals surface area contributed by atoms with E-state index in [1.54, 1.807) is 13.2 Å². The van der Waals surface area contributed by atoms with Crippen molar-refractivity contribution in [2.45, 2.75) is 13.0 Å². The van der Waals surface area contributed by atoms with Crippen LogP contribution in [0.4, 0.5) is 4.39 Å². The van der Waals surface area contributed by atoms with Crippen LogP contribution in [-0.2, 0) is 17.8 Å². The number of halogens is 1. The average molecular weight is 303 g/mol. The van der Waals surface area contributed by atoms with Gasteiger partial charge in [0.05, 0.1) is 20.6 Å². The van der Waals surface area contributed by atoms with Gasteiger partial charge in [-0.2, -0.15) is 0 Å². The molecule has 4 nitrogen and oxygen atoms in total. The first-order valence-corrected chi connectivity index (χ1v) is 6.84. The van der Waals surface area contributed by atoms with Gasteiger partial charge in [0.25, 0.3) is 0 Å². The minimum atomic E-state index is -0.363. The SMILES string of the molecule is COc1cccc(CC(=O)NCc2cc(F)ccc2OC)c1. The highest BCUT2D eigenvalue weighted by Crippen LogP contribution is 2.19. The summed E-state index contributed by atoms with van der Waals surface area (Å²) in [5, 5.41) is 2.76. The molecule has 2 aromatic carbocycles. The normalized spacial score (nSPS) is 10.1. The van der Waals surface area contributed by atoms with Gasteiger partial charge in [-0.15, -0.1) is 0 Å². The van der Waals surface area contributed by atoms with Gasteiger partial charge in [0.2, 0.25) is 5.91 Å². The van der Waals surface area contributed by atoms with Crippen molar-refractivity contribution in [1.82, 2.24) is 5.32 Å². The van der Waals surface area contributed by atoms with E-state index < -0.39 is 0 Å². The monoisotopic (exact) mass is 303 g/mol. The summed E-state index contributed by atoms with van der Waals surface area (Å²) >= 11 is 0. The van der Waals surface area contributed by atoms with E-state index in [-0.39, 0.29) is 24.7 Å². The van der Waals surface area contributed by atoms with Crippen LogP contribution in [-0.4, -0.2) is 20.1 Å². The quantitative estimate of drug-likeness (QED) is 0.892. The third-order valence-electron chi connectivity index (χ3n) is 3.22. The molecule has 116 valence electrons. The van der Waals surface area contributed by atoms with Crippen molar-refractivity contribution in [3.8, 4) is 11.5 Å². The third kappa shape index (κ3) is 4.22. The Kier molecular flexibility index (Phi) is 5.36. The lowest BCUT2D eigenvalue weighted by molar-refractivity contribution is -0.120. The molecule has 0 aliphatic rings. The summed E-state index contributed by atoms with van der Waals surface area (Å²) in [7, 11) is 3.09. The van der Waals surface area contributed by atoms with Crippen molar-refractivity contribution in [1.29, 1.82) is 0 Å². The number of hydrogen-bond donors (Lipinski definition) is 1. The number of rotatable bonds is 6. The van der Waals surface area contributed by atoms with Crippen LogP contribution in [0.3, 0.4) is 0 Å². The molecule has 0 aliphatic carbocycles. The fourth-order valence-electron chi connectivity index (χ4n) is 2.11. The Morgan fingerprint density at radius 1 is 1.14 bits per heavy atom. The summed E-state index contributed by atoms with van der Waals surface area (Å²) in [6.45, 7) is 0.212. The van der Waals surface area contributed by atoms with Crippen molar-refractivity contribution in [3.05, 3.63) is 59.4 Å². The zero-order chi connectivity index (χ0) is 15.9. The van der Waals surface area contributed by atoms with E-state index in [0.717, 1.165) is 5.56 Å². The zero-order valence-corrected chi connectivity index (χ0v) is 12.6. The predicted octanol–water partition coefficient (Wildman–Crippen LogP) is 2.70. The van der Waals surface area contributed by atoms with E-state index in [9.17, 15) is 9.18 Å². The van der Waals surface area contributed by atoms with E-state index in [0.29, 0.717) is 17.1 Å². The molecule has 2 aromatic rings. The minimum absolute atomic E-state index is 0.153. The molecule has 0 heterocycles. The van der Waals surface area contributed by atoms with Gasteiger partial charge in [0, 0.05) is 12.1 Å². The Morgan fingerprint density at radius 2 is 1.95 bits per heavy atom. The van der Waals surface area contributed by atoms with Crippen molar-refractivity contribution in [3.63, 3.8) is 0 Å². The number of carbonyl (C=O) groups excluding carboxylic acids is 1. The Morgan fingerprint density at radius 3 is 2.68 bits per heavy atom. The Hall–Kier alpha value is -2.56. The van der Waals surface area contributed by atoms with Crippen LogP contribution in [0.2, 0.25) is 0 Å². The summed E-state index contributed by atoms with van der Waals surface area (Å²) < 4.78 is 23.5. The molecule has 0 aliphatic heterocycles. The lowest BCUT2D eigenvalue weighted by atomic mass is 10.1. The van der Waals surface area contributed by atoms with Gasteiger partial charge in [-0.05, 0) is 35.9 Å². The second kappa shape index (κ2) is 7.45. The molecule has 0 bridgehead atoms. The van der Waals surface area contributed by atoms with E-state index in [1.807, 2.05) is 24.3 Å². The number of nitrogens with one attached hydrogen (secondary N) is 1. The number of carbonyl (C=O) groups is 1. The average Bonchev–Trinajstić information content (AvgIpc) is 2.53. The number of ether oxygens (including phenoxy) is 2. The lowest BCUT2D eigenvalue weighted by Gasteiger charge is -2.10. The van der Waals surface area contributed by atoms with Crippen LogP contribution in [0.1, 0.15) is 11.1 Å². The molecule has 0 unspecified atom stereocenters. The van der Waals surface area contributed by atoms with Crippen molar-refractivity contribution in [2.75, 3.05) is 14.2 Å². The van der Waals surface area contributed by atoms with E-state index in [1.165, 1.54) is 19.2 Å². The van der Waals surface area contributed by atoms with Crippen LogP contribution in [0.25, 0.3) is 0 Å². The van der Waals surface area contributed by atoms with Crippen molar-refractivity contribution < 1.29 is 18.7 Å². The molecule has 0 aromatic heterocycles. The van der Waals surface area contributed by atoms with E-state index >= 15 is 0 Å². The number of methoxy groups -OCH3 is 2. The zero-order valence-electron chi connectivity index (χ0n) is 12.6. The Labute approximate surface area is 128 Å². The summed E-state index contributed by atoms with van der Waals surface area (Å²) in [6, 6.07) is 11.5. The second-order valence-electron chi connectivity index (χ2n) is 4.76. The molecule has 0 radical (unpaired) electrons. The highest BCUT2D eigenvalue weighted by Gasteiger charge is 2.08. The Balaban J connectivity index is 1.96. The van der Waals surface area contributed by atoms with Gasteiger partial charge in [0.1, 0.15) is 17.3 Å². The molecule has 0 saturated carbocycles. The number of hydrogen-bond acceptors (Lipinski definition) is 3. The van der Waals surface area contributed by atoms with Gasteiger partial charge < -0.3 is 14.8 Å². The second-order valence-corrected chi connectivity index (χ2v) is 4.76. The molecule has 5 heteroatoms. The molecule has 1 N–H and O–H groups in total. The fraction of sp³-hybridized carbons (Fsp3) is 0.235. The maximum Gasteiger partial charge on any atom is 0.224 e. The first-order valence-electron chi connectivity index (χ1n) is 6.84. The molecule has 2 rings (SSSR count). The van der Waals surface area contributed by atoms with Crippen molar-refractivity contribution >= 4 is 5.91 Å². The summed E-state index contributed by atoms with van der Waals surface area (Å²) in [5.74, 6) is 0.734. The number of amides is 1. The van der Waals surface area contributed by atoms with Gasteiger partial charge >= 0.3 is 0 Å². The van der Waals surface area contributed by atoms with Crippen molar-refractivity contribution in [2.24, 2.45) is 0 Å². The molecule has 22 heavy (non-hydrogen) atoms. The molecule has 0 saturated heterocycles. The summed E-state index contributed by atoms with van der Waals surface area (Å²) in [6.07, 6.45) is 0.231. The van der Waals surface area contributed by atoms with Crippen LogP contribution < -0.4 is 14.8 Å². The standard InChI is InChI=1S/C17H18FNO3/c1-21-15-5-3-4-12(8-15)9-17(20)19-11-13-10-14(18)6-7-16(13)22-2/h3-8,10H,9,11H2,1-2H3,(H,19,20). The number of benzene rings is 2. The summed E-state index contributed by atoms with van der Waals surface area (Å²) in [5.41, 5.74) is 1.45. The lowest BCUT2D eigenvalue weighted by Crippen LogP contribution is -2.24. The molecular formula is C17H18FNO3. The molecule has 0 fully saturated rings. The topological polar surface area (TPSA) is 47.6 Å². The van der Waals surface area contributed by atoms with Crippen LogP contribution in [0, 0.1) is 5.82 Å². The van der Waals surface area contributed by atoms with Crippen LogP contribution in [0.15, 0.2) is 42.5 Å². The maximum atomic E-state index is 13.3. The smallest absolute Gasteiger partial charge is 0.224 e. The fourth-order valence-corrected chi connectivity index (χ4v) is 2.11. The van der Waals surface area contributed by atoms with Crippen LogP contribution in [0.5, 0.6) is 11.5 Å². The maximum absolute atomic E-state index is 13.3. The van der Waals surface area contributed by atoms with Gasteiger partial charge in [-0.1, -0.05) is 12.1 Å². The van der Waals surface area contributed by atoms with Gasteiger partial charge in [-0.3, -0.25) is 4.79 Å².